The first kappa shape index (κ1) is 31.3. The number of piperazine rings is 1. The SMILES string of the molecule is C.Cc1cc(C)c(C(=O)N2CCN(c3cc(F)c(F)cc3C#N)C[C@@H]2C)cc1NC1CCN(c2ccccc2C#N)CC1. The predicted octanol–water partition coefficient (Wildman–Crippen LogP) is 6.39. The maximum absolute atomic E-state index is 14.0. The van der Waals surface area contributed by atoms with Gasteiger partial charge in [0.1, 0.15) is 12.1 Å². The van der Waals surface area contributed by atoms with Gasteiger partial charge in [-0.1, -0.05) is 25.6 Å². The van der Waals surface area contributed by atoms with Gasteiger partial charge in [0, 0.05) is 62.1 Å². The highest BCUT2D eigenvalue weighted by Gasteiger charge is 2.31. The second kappa shape index (κ2) is 13.1. The number of nitrogens with one attached hydrogen (secondary N) is 1. The van der Waals surface area contributed by atoms with E-state index in [-0.39, 0.29) is 31.0 Å². The van der Waals surface area contributed by atoms with Gasteiger partial charge in [-0.15, -0.1) is 0 Å². The van der Waals surface area contributed by atoms with Crippen LogP contribution in [0.1, 0.15) is 59.8 Å². The van der Waals surface area contributed by atoms with Gasteiger partial charge in [0.25, 0.3) is 5.91 Å². The van der Waals surface area contributed by atoms with Crippen LogP contribution in [-0.2, 0) is 0 Å². The normalized spacial score (nSPS) is 17.1. The van der Waals surface area contributed by atoms with Crippen molar-refractivity contribution in [3.63, 3.8) is 0 Å². The number of hydrogen-bond acceptors (Lipinski definition) is 6. The number of para-hydroxylation sites is 1. The minimum atomic E-state index is -1.05. The van der Waals surface area contributed by atoms with E-state index in [2.05, 4.69) is 16.3 Å². The Bertz CT molecular complexity index is 1580. The summed E-state index contributed by atoms with van der Waals surface area (Å²) in [6, 6.07) is 17.9. The van der Waals surface area contributed by atoms with Gasteiger partial charge < -0.3 is 20.0 Å². The van der Waals surface area contributed by atoms with E-state index in [9.17, 15) is 24.1 Å². The maximum Gasteiger partial charge on any atom is 0.254 e. The number of amides is 1. The first-order valence-electron chi connectivity index (χ1n) is 14.3. The van der Waals surface area contributed by atoms with Gasteiger partial charge in [-0.25, -0.2) is 8.78 Å². The lowest BCUT2D eigenvalue weighted by Gasteiger charge is -2.41. The van der Waals surface area contributed by atoms with E-state index in [0.29, 0.717) is 36.4 Å². The number of piperidine rings is 1. The zero-order valence-electron chi connectivity index (χ0n) is 24.1. The Labute approximate surface area is 252 Å². The number of carbonyl (C=O) groups is 1. The second-order valence-corrected chi connectivity index (χ2v) is 11.2. The summed E-state index contributed by atoms with van der Waals surface area (Å²) in [5.74, 6) is -2.12. The van der Waals surface area contributed by atoms with Crippen LogP contribution in [0.4, 0.5) is 25.8 Å². The molecule has 1 N–H and O–H groups in total. The molecule has 1 atom stereocenters. The number of hydrogen-bond donors (Lipinski definition) is 1. The third kappa shape index (κ3) is 6.41. The molecule has 0 aromatic heterocycles. The first-order valence-corrected chi connectivity index (χ1v) is 14.3. The summed E-state index contributed by atoms with van der Waals surface area (Å²) in [6.07, 6.45) is 1.81. The number of nitrogens with zero attached hydrogens (tertiary/aromatic N) is 5. The van der Waals surface area contributed by atoms with Gasteiger partial charge in [0.05, 0.1) is 22.5 Å². The molecule has 0 radical (unpaired) electrons. The molecule has 2 heterocycles. The number of benzene rings is 3. The number of nitriles is 2. The molecular weight excluding hydrogens is 546 g/mol. The highest BCUT2D eigenvalue weighted by atomic mass is 19.2. The number of rotatable bonds is 5. The van der Waals surface area contributed by atoms with Gasteiger partial charge >= 0.3 is 0 Å². The van der Waals surface area contributed by atoms with E-state index in [1.165, 1.54) is 0 Å². The summed E-state index contributed by atoms with van der Waals surface area (Å²) < 4.78 is 27.7. The zero-order chi connectivity index (χ0) is 30.0. The van der Waals surface area contributed by atoms with Crippen molar-refractivity contribution in [2.24, 2.45) is 0 Å². The summed E-state index contributed by atoms with van der Waals surface area (Å²) in [7, 11) is 0. The summed E-state index contributed by atoms with van der Waals surface area (Å²) in [5, 5.41) is 22.6. The Morgan fingerprint density at radius 1 is 0.860 bits per heavy atom. The molecule has 5 rings (SSSR count). The van der Waals surface area contributed by atoms with Crippen molar-refractivity contribution in [3.8, 4) is 12.1 Å². The van der Waals surface area contributed by atoms with Gasteiger partial charge in [0.2, 0.25) is 0 Å². The number of carbonyl (C=O) groups excluding carboxylic acids is 1. The van der Waals surface area contributed by atoms with E-state index < -0.39 is 11.6 Å². The van der Waals surface area contributed by atoms with Crippen molar-refractivity contribution in [1.82, 2.24) is 4.90 Å². The van der Waals surface area contributed by atoms with Crippen molar-refractivity contribution < 1.29 is 13.6 Å². The van der Waals surface area contributed by atoms with Crippen molar-refractivity contribution in [2.45, 2.75) is 53.1 Å². The van der Waals surface area contributed by atoms with Crippen molar-refractivity contribution in [3.05, 3.63) is 88.0 Å². The predicted molar refractivity (Wildman–Crippen MR) is 166 cm³/mol. The van der Waals surface area contributed by atoms with Crippen LogP contribution in [0.5, 0.6) is 0 Å². The van der Waals surface area contributed by atoms with E-state index in [4.69, 9.17) is 0 Å². The van der Waals surface area contributed by atoms with Crippen molar-refractivity contribution >= 4 is 23.0 Å². The molecular formula is C34H38F2N6O. The van der Waals surface area contributed by atoms with Crippen LogP contribution in [0.15, 0.2) is 48.5 Å². The minimum Gasteiger partial charge on any atom is -0.382 e. The molecule has 224 valence electrons. The lowest BCUT2D eigenvalue weighted by molar-refractivity contribution is 0.0673. The molecule has 0 bridgehead atoms. The molecule has 9 heteroatoms. The molecule has 2 fully saturated rings. The zero-order valence-corrected chi connectivity index (χ0v) is 24.1. The third-order valence-corrected chi connectivity index (χ3v) is 8.41. The lowest BCUT2D eigenvalue weighted by Crippen LogP contribution is -2.54. The average molecular weight is 585 g/mol. The highest BCUT2D eigenvalue weighted by Crippen LogP contribution is 2.30. The fourth-order valence-corrected chi connectivity index (χ4v) is 6.09. The molecule has 2 aliphatic rings. The van der Waals surface area contributed by atoms with Gasteiger partial charge in [0.15, 0.2) is 11.6 Å². The van der Waals surface area contributed by atoms with Gasteiger partial charge in [-0.2, -0.15) is 10.5 Å². The standard InChI is InChI=1S/C33H34F2N6O.CH4/c1-21-14-22(2)30(38-26-8-10-39(11-9-26)31-7-5-4-6-24(31)18-36)16-27(21)33(42)41-13-12-40(20-23(41)3)32-17-29(35)28(34)15-25(32)19-37;/h4-7,14-17,23,26,38H,8-13,20H2,1-3H3;1H4/t23-;/m0./s1. The molecule has 2 saturated heterocycles. The fraction of sp³-hybridized carbons (Fsp3) is 0.382. The summed E-state index contributed by atoms with van der Waals surface area (Å²) in [4.78, 5) is 19.7. The maximum atomic E-state index is 14.0. The average Bonchev–Trinajstić information content (AvgIpc) is 2.99. The molecule has 1 amide bonds. The molecule has 43 heavy (non-hydrogen) atoms. The summed E-state index contributed by atoms with van der Waals surface area (Å²) in [6.45, 7) is 8.77. The monoisotopic (exact) mass is 584 g/mol. The van der Waals surface area contributed by atoms with Crippen molar-refractivity contribution in [2.75, 3.05) is 47.8 Å². The van der Waals surface area contributed by atoms with Crippen LogP contribution in [0.25, 0.3) is 0 Å². The Morgan fingerprint density at radius 3 is 2.21 bits per heavy atom. The molecule has 7 nitrogen and oxygen atoms in total. The summed E-state index contributed by atoms with van der Waals surface area (Å²) >= 11 is 0. The molecule has 3 aromatic rings. The molecule has 0 spiro atoms. The number of aryl methyl sites for hydroxylation is 2. The highest BCUT2D eigenvalue weighted by molar-refractivity contribution is 5.97. The van der Waals surface area contributed by atoms with Crippen molar-refractivity contribution in [1.29, 1.82) is 10.5 Å². The number of anilines is 3. The van der Waals surface area contributed by atoms with Crippen LogP contribution >= 0.6 is 0 Å². The topological polar surface area (TPSA) is 86.4 Å². The molecule has 0 saturated carbocycles. The molecule has 2 aliphatic heterocycles. The largest absolute Gasteiger partial charge is 0.382 e. The first-order chi connectivity index (χ1) is 20.2. The smallest absolute Gasteiger partial charge is 0.254 e. The van der Waals surface area contributed by atoms with E-state index in [1.807, 2.05) is 73.0 Å². The van der Waals surface area contributed by atoms with Gasteiger partial charge in [-0.05, 0) is 69.0 Å². The Morgan fingerprint density at radius 2 is 1.53 bits per heavy atom. The fourth-order valence-electron chi connectivity index (χ4n) is 6.09. The molecule has 0 unspecified atom stereocenters. The molecule has 0 aliphatic carbocycles. The Kier molecular flexibility index (Phi) is 9.56. The van der Waals surface area contributed by atoms with Crippen LogP contribution in [0.3, 0.4) is 0 Å². The van der Waals surface area contributed by atoms with Gasteiger partial charge in [-0.3, -0.25) is 4.79 Å². The minimum absolute atomic E-state index is 0. The van der Waals surface area contributed by atoms with Crippen LogP contribution < -0.4 is 15.1 Å². The van der Waals surface area contributed by atoms with E-state index >= 15 is 0 Å². The van der Waals surface area contributed by atoms with E-state index in [1.54, 1.807) is 0 Å². The Balaban J connectivity index is 0.00000423. The Hall–Kier alpha value is -4.63. The quantitative estimate of drug-likeness (QED) is 0.374. The van der Waals surface area contributed by atoms with Crippen LogP contribution in [-0.4, -0.2) is 55.6 Å². The van der Waals surface area contributed by atoms with Crippen LogP contribution in [0.2, 0.25) is 0 Å². The summed E-state index contributed by atoms with van der Waals surface area (Å²) in [5.41, 5.74) is 5.62. The van der Waals surface area contributed by atoms with E-state index in [0.717, 1.165) is 60.6 Å². The third-order valence-electron chi connectivity index (χ3n) is 8.41. The number of halogens is 2. The second-order valence-electron chi connectivity index (χ2n) is 11.2. The lowest BCUT2D eigenvalue weighted by atomic mass is 9.98. The van der Waals surface area contributed by atoms with Crippen LogP contribution in [0, 0.1) is 48.1 Å². The molecule has 3 aromatic carbocycles.